The zero-order valence-electron chi connectivity index (χ0n) is 10.1. The molecule has 2 heterocycles. The van der Waals surface area contributed by atoms with Crippen LogP contribution in [0, 0.1) is 9.62 Å². The van der Waals surface area contributed by atoms with Crippen LogP contribution in [-0.2, 0) is 6.42 Å². The van der Waals surface area contributed by atoms with E-state index in [1.165, 1.54) is 16.0 Å². The normalized spacial score (nSPS) is 21.1. The fourth-order valence-corrected chi connectivity index (χ4v) is 3.20. The fraction of sp³-hybridized carbons (Fsp3) is 0.333. The Kier molecular flexibility index (Phi) is 3.59. The number of fused-ring (bicyclic) bond motifs is 1. The average Bonchev–Trinajstić information content (AvgIpc) is 2.44. The Labute approximate surface area is 120 Å². The summed E-state index contributed by atoms with van der Waals surface area (Å²) >= 11 is 2.33. The highest BCUT2D eigenvalue weighted by Gasteiger charge is 2.11. The molecule has 92 valence electrons. The lowest BCUT2D eigenvalue weighted by molar-refractivity contribution is 0.669. The molecule has 3 rings (SSSR count). The molecule has 0 amide bonds. The van der Waals surface area contributed by atoms with E-state index in [-0.39, 0.29) is 0 Å². The van der Waals surface area contributed by atoms with Gasteiger partial charge in [-0.15, -0.1) is 0 Å². The molecule has 0 radical (unpaired) electrons. The van der Waals surface area contributed by atoms with Gasteiger partial charge >= 0.3 is 0 Å². The molecule has 1 aromatic heterocycles. The number of aliphatic imine (C=N–C) groups is 1. The summed E-state index contributed by atoms with van der Waals surface area (Å²) < 4.78 is 1.13. The van der Waals surface area contributed by atoms with E-state index >= 15 is 0 Å². The first-order chi connectivity index (χ1) is 8.84. The van der Waals surface area contributed by atoms with Crippen LogP contribution < -0.4 is 10.4 Å². The van der Waals surface area contributed by atoms with E-state index in [0.717, 1.165) is 29.4 Å². The van der Waals surface area contributed by atoms with Crippen molar-refractivity contribution in [2.75, 3.05) is 0 Å². The van der Waals surface area contributed by atoms with Crippen molar-refractivity contribution in [1.82, 2.24) is 4.98 Å². The molecule has 0 spiro atoms. The van der Waals surface area contributed by atoms with Crippen LogP contribution in [-0.4, -0.2) is 11.2 Å². The first-order valence-corrected chi connectivity index (χ1v) is 7.44. The highest BCUT2D eigenvalue weighted by molar-refractivity contribution is 14.1. The molecule has 1 aliphatic heterocycles. The minimum atomic E-state index is 0.573. The molecule has 0 saturated heterocycles. The van der Waals surface area contributed by atoms with Gasteiger partial charge in [0.1, 0.15) is 3.70 Å². The molecule has 0 aromatic carbocycles. The van der Waals surface area contributed by atoms with E-state index in [1.807, 2.05) is 12.4 Å². The van der Waals surface area contributed by atoms with Gasteiger partial charge in [0.15, 0.2) is 0 Å². The second-order valence-electron chi connectivity index (χ2n) is 4.76. The van der Waals surface area contributed by atoms with Crippen molar-refractivity contribution in [3.05, 3.63) is 38.2 Å². The van der Waals surface area contributed by atoms with Crippen LogP contribution >= 0.6 is 22.6 Å². The minimum Gasteiger partial charge on any atom is -0.269 e. The van der Waals surface area contributed by atoms with Gasteiger partial charge < -0.3 is 0 Å². The molecular weight excluding hydrogens is 335 g/mol. The van der Waals surface area contributed by atoms with Crippen LogP contribution in [0.15, 0.2) is 23.5 Å². The predicted octanol–water partition coefficient (Wildman–Crippen LogP) is 2.19. The van der Waals surface area contributed by atoms with Gasteiger partial charge in [0.25, 0.3) is 0 Å². The fourth-order valence-electron chi connectivity index (χ4n) is 2.55. The number of nitrogens with zero attached hydrogens (tertiary/aromatic N) is 2. The zero-order chi connectivity index (χ0) is 12.4. The molecule has 0 saturated carbocycles. The Morgan fingerprint density at radius 3 is 2.83 bits per heavy atom. The Bertz CT molecular complexity index is 629. The first-order valence-electron chi connectivity index (χ1n) is 6.36. The molecule has 0 fully saturated rings. The van der Waals surface area contributed by atoms with Gasteiger partial charge in [0, 0.05) is 23.8 Å². The molecule has 3 heteroatoms. The topological polar surface area (TPSA) is 25.2 Å². The van der Waals surface area contributed by atoms with Crippen LogP contribution in [0.1, 0.15) is 24.8 Å². The van der Waals surface area contributed by atoms with Gasteiger partial charge in [-0.1, -0.05) is 18.2 Å². The Balaban J connectivity index is 1.99. The van der Waals surface area contributed by atoms with Crippen LogP contribution in [0.4, 0.5) is 0 Å². The number of hydrogen-bond acceptors (Lipinski definition) is 2. The lowest BCUT2D eigenvalue weighted by Gasteiger charge is -2.14. The molecular formula is C15H15IN2. The number of aromatic nitrogens is 1. The maximum Gasteiger partial charge on any atom is 0.108 e. The monoisotopic (exact) mass is 350 g/mol. The van der Waals surface area contributed by atoms with E-state index < -0.39 is 0 Å². The van der Waals surface area contributed by atoms with Gasteiger partial charge in [0.2, 0.25) is 0 Å². The largest absolute Gasteiger partial charge is 0.269 e. The Hall–Kier alpha value is -0.970. The van der Waals surface area contributed by atoms with Crippen molar-refractivity contribution >= 4 is 41.0 Å². The summed E-state index contributed by atoms with van der Waals surface area (Å²) in [6.07, 6.45) is 17.3. The summed E-state index contributed by atoms with van der Waals surface area (Å²) in [6.45, 7) is 0. The predicted molar refractivity (Wildman–Crippen MR) is 83.8 cm³/mol. The molecule has 1 aliphatic carbocycles. The second kappa shape index (κ2) is 5.34. The van der Waals surface area contributed by atoms with E-state index in [9.17, 15) is 0 Å². The van der Waals surface area contributed by atoms with E-state index in [4.69, 9.17) is 0 Å². The summed E-state index contributed by atoms with van der Waals surface area (Å²) in [5, 5.41) is 2.75. The minimum absolute atomic E-state index is 0.573. The molecule has 1 unspecified atom stereocenters. The number of allylic oxidation sites excluding steroid dienone is 1. The third kappa shape index (κ3) is 2.41. The molecule has 2 aliphatic rings. The highest BCUT2D eigenvalue weighted by atomic mass is 127. The van der Waals surface area contributed by atoms with Crippen LogP contribution in [0.3, 0.4) is 0 Å². The number of hydrogen-bond donors (Lipinski definition) is 0. The summed E-state index contributed by atoms with van der Waals surface area (Å²) in [7, 11) is 0. The van der Waals surface area contributed by atoms with Crippen LogP contribution in [0.2, 0.25) is 0 Å². The maximum absolute atomic E-state index is 4.54. The van der Waals surface area contributed by atoms with E-state index in [2.05, 4.69) is 57.0 Å². The zero-order valence-corrected chi connectivity index (χ0v) is 12.3. The van der Waals surface area contributed by atoms with Crippen molar-refractivity contribution in [3.8, 4) is 0 Å². The number of halogens is 1. The second-order valence-corrected chi connectivity index (χ2v) is 5.78. The number of rotatable bonds is 2. The quantitative estimate of drug-likeness (QED) is 0.593. The van der Waals surface area contributed by atoms with Crippen LogP contribution in [0.25, 0.3) is 12.2 Å². The molecule has 1 aromatic rings. The van der Waals surface area contributed by atoms with Gasteiger partial charge in [-0.2, -0.15) is 0 Å². The van der Waals surface area contributed by atoms with Gasteiger partial charge in [-0.25, -0.2) is 4.98 Å². The van der Waals surface area contributed by atoms with Gasteiger partial charge in [0.05, 0.1) is 0 Å². The first kappa shape index (κ1) is 12.1. The van der Waals surface area contributed by atoms with Crippen molar-refractivity contribution in [3.63, 3.8) is 0 Å². The molecule has 0 N–H and O–H groups in total. The lowest BCUT2D eigenvalue weighted by atomic mass is 9.94. The molecule has 18 heavy (non-hydrogen) atoms. The summed E-state index contributed by atoms with van der Waals surface area (Å²) in [5.74, 6) is 0.573. The maximum atomic E-state index is 4.54. The van der Waals surface area contributed by atoms with Crippen molar-refractivity contribution in [1.29, 1.82) is 0 Å². The molecule has 1 atom stereocenters. The van der Waals surface area contributed by atoms with E-state index in [0.29, 0.717) is 5.92 Å². The number of pyridine rings is 1. The van der Waals surface area contributed by atoms with Crippen molar-refractivity contribution in [2.24, 2.45) is 10.9 Å². The summed E-state index contributed by atoms with van der Waals surface area (Å²) in [4.78, 5) is 8.67. The van der Waals surface area contributed by atoms with Crippen LogP contribution in [0.5, 0.6) is 0 Å². The smallest absolute Gasteiger partial charge is 0.108 e. The van der Waals surface area contributed by atoms with Gasteiger partial charge in [-0.05, 0) is 65.0 Å². The Morgan fingerprint density at radius 1 is 1.22 bits per heavy atom. The standard InChI is InChI=1S/C15H15IN2/c16-15-14-4-2-1-3-13(14)12(10-18-15)9-11-5-7-17-8-6-11/h3-5,7-8,10-11H,1-2,6,9H2. The SMILES string of the molecule is Ic1ncc(CC2C=CN=CC2)c2c1=CCCC=2. The average molecular weight is 350 g/mol. The van der Waals surface area contributed by atoms with Crippen molar-refractivity contribution in [2.45, 2.75) is 25.7 Å². The molecule has 0 bridgehead atoms. The molecule has 2 nitrogen and oxygen atoms in total. The highest BCUT2D eigenvalue weighted by Crippen LogP contribution is 2.13. The van der Waals surface area contributed by atoms with Crippen molar-refractivity contribution < 1.29 is 0 Å². The third-order valence-electron chi connectivity index (χ3n) is 3.50. The van der Waals surface area contributed by atoms with E-state index in [1.54, 1.807) is 0 Å². The Morgan fingerprint density at radius 2 is 2.06 bits per heavy atom. The third-order valence-corrected chi connectivity index (χ3v) is 4.36. The summed E-state index contributed by atoms with van der Waals surface area (Å²) in [6, 6.07) is 0. The van der Waals surface area contributed by atoms with Gasteiger partial charge in [-0.3, -0.25) is 4.99 Å². The summed E-state index contributed by atoms with van der Waals surface area (Å²) in [5.41, 5.74) is 1.38. The lowest BCUT2D eigenvalue weighted by Crippen LogP contribution is -2.35.